The Labute approximate surface area is 171 Å². The van der Waals surface area contributed by atoms with Crippen molar-refractivity contribution < 1.29 is 22.3 Å². The van der Waals surface area contributed by atoms with Crippen LogP contribution in [0.3, 0.4) is 0 Å². The van der Waals surface area contributed by atoms with Crippen LogP contribution in [0.25, 0.3) is 0 Å². The lowest BCUT2D eigenvalue weighted by molar-refractivity contribution is -0.0546. The third-order valence-corrected chi connectivity index (χ3v) is 6.95. The number of alkyl halides is 2. The number of aryl methyl sites for hydroxylation is 1. The van der Waals surface area contributed by atoms with E-state index in [1.54, 1.807) is 0 Å². The Balaban J connectivity index is 1.43. The summed E-state index contributed by atoms with van der Waals surface area (Å²) in [7, 11) is 0. The van der Waals surface area contributed by atoms with Gasteiger partial charge >= 0.3 is 6.61 Å². The van der Waals surface area contributed by atoms with Crippen LogP contribution in [0.4, 0.5) is 17.6 Å². The number of ether oxygens (including phenoxy) is 1. The summed E-state index contributed by atoms with van der Waals surface area (Å²) < 4.78 is 56.1. The van der Waals surface area contributed by atoms with Crippen LogP contribution in [-0.2, 0) is 6.42 Å². The molecule has 0 unspecified atom stereocenters. The molecule has 0 radical (unpaired) electrons. The van der Waals surface area contributed by atoms with Crippen molar-refractivity contribution in [3.05, 3.63) is 41.5 Å². The van der Waals surface area contributed by atoms with Gasteiger partial charge in [0.1, 0.15) is 0 Å². The summed E-state index contributed by atoms with van der Waals surface area (Å²) in [6.07, 6.45) is 16.2. The second-order valence-electron chi connectivity index (χ2n) is 8.79. The van der Waals surface area contributed by atoms with Gasteiger partial charge in [0.15, 0.2) is 17.4 Å². The van der Waals surface area contributed by atoms with Crippen LogP contribution in [0.2, 0.25) is 0 Å². The number of halogens is 4. The fraction of sp³-hybridized carbons (Fsp3) is 0.667. The molecule has 0 spiro atoms. The molecule has 0 saturated heterocycles. The van der Waals surface area contributed by atoms with Crippen molar-refractivity contribution in [3.8, 4) is 5.75 Å². The zero-order valence-electron chi connectivity index (χ0n) is 17.2. The van der Waals surface area contributed by atoms with Crippen molar-refractivity contribution in [2.24, 2.45) is 23.7 Å². The minimum absolute atomic E-state index is 0.506. The van der Waals surface area contributed by atoms with Crippen molar-refractivity contribution in [2.75, 3.05) is 0 Å². The van der Waals surface area contributed by atoms with E-state index in [2.05, 4.69) is 23.8 Å². The molecule has 1 aromatic rings. The Bertz CT molecular complexity index is 648. The molecule has 5 heteroatoms. The van der Waals surface area contributed by atoms with Gasteiger partial charge in [0.25, 0.3) is 0 Å². The highest BCUT2D eigenvalue weighted by Gasteiger charge is 2.30. The average molecular weight is 413 g/mol. The normalized spacial score (nSPS) is 28.2. The second kappa shape index (κ2) is 10.5. The molecule has 0 amide bonds. The predicted molar refractivity (Wildman–Crippen MR) is 107 cm³/mol. The number of benzene rings is 1. The number of allylic oxidation sites excluding steroid dienone is 2. The molecule has 0 atom stereocenters. The lowest BCUT2D eigenvalue weighted by atomic mass is 9.68. The molecule has 0 heterocycles. The highest BCUT2D eigenvalue weighted by molar-refractivity contribution is 5.31. The van der Waals surface area contributed by atoms with E-state index in [1.807, 2.05) is 0 Å². The summed E-state index contributed by atoms with van der Waals surface area (Å²) in [6, 6.07) is 2.24. The zero-order chi connectivity index (χ0) is 20.8. The van der Waals surface area contributed by atoms with Gasteiger partial charge in [-0.05, 0) is 99.7 Å². The first-order valence-electron chi connectivity index (χ1n) is 11.0. The van der Waals surface area contributed by atoms with Crippen molar-refractivity contribution in [1.82, 2.24) is 0 Å². The largest absolute Gasteiger partial charge is 0.429 e. The van der Waals surface area contributed by atoms with E-state index in [4.69, 9.17) is 0 Å². The van der Waals surface area contributed by atoms with E-state index in [0.717, 1.165) is 36.3 Å². The van der Waals surface area contributed by atoms with Gasteiger partial charge in [-0.3, -0.25) is 0 Å². The highest BCUT2D eigenvalue weighted by Crippen LogP contribution is 2.42. The molecule has 2 aliphatic rings. The lowest BCUT2D eigenvalue weighted by Crippen LogP contribution is -2.25. The minimum atomic E-state index is -3.24. The Hall–Kier alpha value is -1.52. The van der Waals surface area contributed by atoms with Crippen LogP contribution in [0.1, 0.15) is 70.3 Å². The van der Waals surface area contributed by atoms with Crippen LogP contribution < -0.4 is 4.74 Å². The van der Waals surface area contributed by atoms with Crippen LogP contribution >= 0.6 is 0 Å². The Morgan fingerprint density at radius 2 is 1.48 bits per heavy atom. The molecule has 0 bridgehead atoms. The van der Waals surface area contributed by atoms with Crippen LogP contribution in [0, 0.1) is 35.3 Å². The van der Waals surface area contributed by atoms with Crippen molar-refractivity contribution in [3.63, 3.8) is 0 Å². The molecule has 3 rings (SSSR count). The summed E-state index contributed by atoms with van der Waals surface area (Å²) in [5, 5.41) is 0. The molecule has 0 aliphatic heterocycles. The standard InChI is InChI=1S/C24H32F4O/c1-2-3-16-6-10-19(11-7-16)20-12-8-17(9-13-20)4-5-18-14-21(25)23(22(26)15-18)29-24(27)28/h2-3,14-17,19-20,24H,4-13H2,1H3/b3-2+/t16-,17-,19-,20-. The highest BCUT2D eigenvalue weighted by atomic mass is 19.3. The fourth-order valence-corrected chi connectivity index (χ4v) is 5.36. The maximum atomic E-state index is 13.9. The summed E-state index contributed by atoms with van der Waals surface area (Å²) in [6.45, 7) is -1.14. The summed E-state index contributed by atoms with van der Waals surface area (Å²) in [4.78, 5) is 0. The van der Waals surface area contributed by atoms with Gasteiger partial charge in [0.05, 0.1) is 0 Å². The molecule has 1 aromatic carbocycles. The molecule has 1 nitrogen and oxygen atoms in total. The first-order chi connectivity index (χ1) is 14.0. The van der Waals surface area contributed by atoms with E-state index < -0.39 is 24.0 Å². The van der Waals surface area contributed by atoms with Crippen molar-refractivity contribution in [2.45, 2.75) is 77.7 Å². The Morgan fingerprint density at radius 1 is 0.931 bits per heavy atom. The van der Waals surface area contributed by atoms with Crippen LogP contribution in [0.15, 0.2) is 24.3 Å². The Kier molecular flexibility index (Phi) is 8.02. The van der Waals surface area contributed by atoms with Crippen molar-refractivity contribution >= 4 is 0 Å². The molecular weight excluding hydrogens is 380 g/mol. The third-order valence-electron chi connectivity index (χ3n) is 6.95. The molecule has 2 fully saturated rings. The third kappa shape index (κ3) is 6.23. The van der Waals surface area contributed by atoms with Gasteiger partial charge < -0.3 is 4.74 Å². The SMILES string of the molecule is C/C=C/[C@H]1CC[C@H]([C@H]2CC[C@H](CCc3cc(F)c(OC(F)F)c(F)c3)CC2)CC1. The van der Waals surface area contributed by atoms with Gasteiger partial charge in [-0.25, -0.2) is 8.78 Å². The molecule has 162 valence electrons. The Morgan fingerprint density at radius 3 is 2.00 bits per heavy atom. The molecule has 0 aromatic heterocycles. The average Bonchev–Trinajstić information content (AvgIpc) is 2.70. The molecule has 29 heavy (non-hydrogen) atoms. The summed E-state index contributed by atoms with van der Waals surface area (Å²) in [5.41, 5.74) is 0.506. The summed E-state index contributed by atoms with van der Waals surface area (Å²) >= 11 is 0. The monoisotopic (exact) mass is 412 g/mol. The lowest BCUT2D eigenvalue weighted by Gasteiger charge is -2.37. The quantitative estimate of drug-likeness (QED) is 0.329. The van der Waals surface area contributed by atoms with E-state index >= 15 is 0 Å². The van der Waals surface area contributed by atoms with Gasteiger partial charge in [0.2, 0.25) is 0 Å². The van der Waals surface area contributed by atoms with Gasteiger partial charge in [-0.1, -0.05) is 25.0 Å². The van der Waals surface area contributed by atoms with Gasteiger partial charge in [-0.2, -0.15) is 8.78 Å². The van der Waals surface area contributed by atoms with Crippen molar-refractivity contribution in [1.29, 1.82) is 0 Å². The smallest absolute Gasteiger partial charge is 0.387 e. The first kappa shape index (κ1) is 22.2. The van der Waals surface area contributed by atoms with E-state index in [0.29, 0.717) is 17.9 Å². The van der Waals surface area contributed by atoms with Crippen LogP contribution in [-0.4, -0.2) is 6.61 Å². The molecule has 0 N–H and O–H groups in total. The number of hydrogen-bond donors (Lipinski definition) is 0. The van der Waals surface area contributed by atoms with E-state index in [9.17, 15) is 17.6 Å². The van der Waals surface area contributed by atoms with E-state index in [1.165, 1.54) is 51.4 Å². The molecule has 2 aliphatic carbocycles. The number of hydrogen-bond acceptors (Lipinski definition) is 1. The molecule has 2 saturated carbocycles. The summed E-state index contributed by atoms with van der Waals surface area (Å²) in [5.74, 6) is -0.0652. The topological polar surface area (TPSA) is 9.23 Å². The van der Waals surface area contributed by atoms with Crippen LogP contribution in [0.5, 0.6) is 5.75 Å². The zero-order valence-corrected chi connectivity index (χ0v) is 17.2. The van der Waals surface area contributed by atoms with E-state index in [-0.39, 0.29) is 0 Å². The minimum Gasteiger partial charge on any atom is -0.429 e. The maximum Gasteiger partial charge on any atom is 0.387 e. The molecular formula is C24H32F4O. The maximum absolute atomic E-state index is 13.9. The van der Waals surface area contributed by atoms with Gasteiger partial charge in [-0.15, -0.1) is 0 Å². The fourth-order valence-electron chi connectivity index (χ4n) is 5.36. The first-order valence-corrected chi connectivity index (χ1v) is 11.0. The number of rotatable bonds is 7. The van der Waals surface area contributed by atoms with Gasteiger partial charge in [0, 0.05) is 0 Å². The predicted octanol–water partition coefficient (Wildman–Crippen LogP) is 7.69. The second-order valence-corrected chi connectivity index (χ2v) is 8.79.